The molecule has 1 aliphatic rings. The lowest BCUT2D eigenvalue weighted by Gasteiger charge is -2.44. The van der Waals surface area contributed by atoms with Crippen LogP contribution in [0.5, 0.6) is 0 Å². The fourth-order valence-electron chi connectivity index (χ4n) is 3.76. The lowest BCUT2D eigenvalue weighted by atomic mass is 9.71. The van der Waals surface area contributed by atoms with E-state index in [1.54, 1.807) is 0 Å². The van der Waals surface area contributed by atoms with Gasteiger partial charge >= 0.3 is 6.09 Å². The molecule has 2 atom stereocenters. The fraction of sp³-hybridized carbons (Fsp3) is 0.579. The molecule has 2 rings (SSSR count). The van der Waals surface area contributed by atoms with Crippen molar-refractivity contribution >= 4 is 23.6 Å². The molecule has 1 heterocycles. The summed E-state index contributed by atoms with van der Waals surface area (Å²) in [5, 5.41) is 18.6. The Morgan fingerprint density at radius 3 is 2.85 bits per heavy atom. The summed E-state index contributed by atoms with van der Waals surface area (Å²) >= 11 is 6.24. The number of hydrogen-bond acceptors (Lipinski definition) is 3. The first kappa shape index (κ1) is 20.5. The Hall–Kier alpha value is -1.79. The standard InChI is InChI=1S/C19H28ClN3O3/c1-2-17(24)23-19(9-5-11-22-18(25)26,15-7-4-10-21-13-15)14-6-3-8-16(20)12-14/h3,6,8,12,15,21-22H,2,4-5,7,9-11,13H2,1H3,(H,23,24)(H,25,26)/t15-,19+/m1/s1. The summed E-state index contributed by atoms with van der Waals surface area (Å²) in [4.78, 5) is 23.2. The van der Waals surface area contributed by atoms with Crippen LogP contribution in [0, 0.1) is 5.92 Å². The Morgan fingerprint density at radius 2 is 2.23 bits per heavy atom. The van der Waals surface area contributed by atoms with Gasteiger partial charge in [-0.1, -0.05) is 30.7 Å². The molecule has 1 aromatic carbocycles. The van der Waals surface area contributed by atoms with E-state index in [-0.39, 0.29) is 11.8 Å². The van der Waals surface area contributed by atoms with Crippen molar-refractivity contribution < 1.29 is 14.7 Å². The normalized spacial score (nSPS) is 19.4. The van der Waals surface area contributed by atoms with E-state index in [0.29, 0.717) is 30.8 Å². The first-order chi connectivity index (χ1) is 12.5. The van der Waals surface area contributed by atoms with Crippen LogP contribution in [0.4, 0.5) is 4.79 Å². The van der Waals surface area contributed by atoms with Crippen LogP contribution in [-0.2, 0) is 10.3 Å². The minimum Gasteiger partial charge on any atom is -0.465 e. The maximum atomic E-state index is 12.4. The number of carboxylic acid groups (broad SMARTS) is 1. The van der Waals surface area contributed by atoms with Crippen molar-refractivity contribution in [1.82, 2.24) is 16.0 Å². The minimum atomic E-state index is -1.03. The smallest absolute Gasteiger partial charge is 0.404 e. The number of carbonyl (C=O) groups is 2. The maximum absolute atomic E-state index is 12.4. The highest BCUT2D eigenvalue weighted by Crippen LogP contribution is 2.39. The SMILES string of the molecule is CCC(=O)N[C@@](CCCNC(=O)O)(c1cccc(Cl)c1)[C@@H]1CCCNC1. The zero-order valence-corrected chi connectivity index (χ0v) is 15.9. The second kappa shape index (κ2) is 9.78. The topological polar surface area (TPSA) is 90.5 Å². The Bertz CT molecular complexity index is 620. The van der Waals surface area contributed by atoms with Crippen LogP contribution < -0.4 is 16.0 Å². The molecule has 4 N–H and O–H groups in total. The molecule has 1 aliphatic heterocycles. The second-order valence-electron chi connectivity index (χ2n) is 6.76. The monoisotopic (exact) mass is 381 g/mol. The molecular weight excluding hydrogens is 354 g/mol. The van der Waals surface area contributed by atoms with Crippen LogP contribution >= 0.6 is 11.6 Å². The summed E-state index contributed by atoms with van der Waals surface area (Å²) in [6, 6.07) is 7.64. The number of carbonyl (C=O) groups excluding carboxylic acids is 1. The zero-order chi connectivity index (χ0) is 19.0. The molecule has 7 heteroatoms. The first-order valence-corrected chi connectivity index (χ1v) is 9.60. The Kier molecular flexibility index (Phi) is 7.72. The quantitative estimate of drug-likeness (QED) is 0.521. The van der Waals surface area contributed by atoms with Crippen molar-refractivity contribution in [2.24, 2.45) is 5.92 Å². The molecule has 0 radical (unpaired) electrons. The van der Waals surface area contributed by atoms with Crippen molar-refractivity contribution in [1.29, 1.82) is 0 Å². The van der Waals surface area contributed by atoms with Crippen molar-refractivity contribution in [2.75, 3.05) is 19.6 Å². The van der Waals surface area contributed by atoms with E-state index in [9.17, 15) is 9.59 Å². The minimum absolute atomic E-state index is 0.0123. The average molecular weight is 382 g/mol. The largest absolute Gasteiger partial charge is 0.465 e. The number of piperidine rings is 1. The molecule has 6 nitrogen and oxygen atoms in total. The van der Waals surface area contributed by atoms with Crippen LogP contribution in [0.25, 0.3) is 0 Å². The molecule has 0 unspecified atom stereocenters. The molecule has 0 bridgehead atoms. The molecular formula is C19H28ClN3O3. The van der Waals surface area contributed by atoms with Crippen LogP contribution in [0.2, 0.25) is 5.02 Å². The highest BCUT2D eigenvalue weighted by atomic mass is 35.5. The number of nitrogens with one attached hydrogen (secondary N) is 3. The van der Waals surface area contributed by atoms with Crippen LogP contribution in [0.3, 0.4) is 0 Å². The van der Waals surface area contributed by atoms with Gasteiger partial charge in [0.1, 0.15) is 0 Å². The molecule has 0 aliphatic carbocycles. The summed E-state index contributed by atoms with van der Waals surface area (Å²) in [6.07, 6.45) is 2.68. The van der Waals surface area contributed by atoms with Gasteiger partial charge in [0.25, 0.3) is 0 Å². The molecule has 0 spiro atoms. The van der Waals surface area contributed by atoms with Gasteiger partial charge in [-0.05, 0) is 55.8 Å². The third-order valence-electron chi connectivity index (χ3n) is 5.04. The maximum Gasteiger partial charge on any atom is 0.404 e. The molecule has 0 aromatic heterocycles. The van der Waals surface area contributed by atoms with Gasteiger partial charge in [-0.15, -0.1) is 0 Å². The fourth-order valence-corrected chi connectivity index (χ4v) is 3.95. The summed E-state index contributed by atoms with van der Waals surface area (Å²) < 4.78 is 0. The van der Waals surface area contributed by atoms with E-state index in [1.807, 2.05) is 31.2 Å². The van der Waals surface area contributed by atoms with Crippen molar-refractivity contribution in [3.8, 4) is 0 Å². The molecule has 1 saturated heterocycles. The number of halogens is 1. The second-order valence-corrected chi connectivity index (χ2v) is 7.20. The number of hydrogen-bond donors (Lipinski definition) is 4. The summed E-state index contributed by atoms with van der Waals surface area (Å²) in [5.41, 5.74) is 0.418. The Morgan fingerprint density at radius 1 is 1.42 bits per heavy atom. The average Bonchev–Trinajstić information content (AvgIpc) is 2.64. The van der Waals surface area contributed by atoms with Gasteiger partial charge in [0.05, 0.1) is 5.54 Å². The number of benzene rings is 1. The molecule has 1 fully saturated rings. The lowest BCUT2D eigenvalue weighted by Crippen LogP contribution is -2.55. The van der Waals surface area contributed by atoms with Gasteiger partial charge < -0.3 is 21.1 Å². The van der Waals surface area contributed by atoms with Crippen LogP contribution in [0.1, 0.15) is 44.6 Å². The number of amides is 2. The van der Waals surface area contributed by atoms with Crippen molar-refractivity contribution in [3.63, 3.8) is 0 Å². The van der Waals surface area contributed by atoms with E-state index in [4.69, 9.17) is 16.7 Å². The Balaban J connectivity index is 2.35. The first-order valence-electron chi connectivity index (χ1n) is 9.22. The van der Waals surface area contributed by atoms with Gasteiger partial charge in [-0.25, -0.2) is 4.79 Å². The van der Waals surface area contributed by atoms with Gasteiger partial charge in [-0.2, -0.15) is 0 Å². The molecule has 0 saturated carbocycles. The van der Waals surface area contributed by atoms with Gasteiger partial charge in [0.2, 0.25) is 5.91 Å². The molecule has 2 amide bonds. The van der Waals surface area contributed by atoms with Gasteiger partial charge in [0, 0.05) is 24.5 Å². The van der Waals surface area contributed by atoms with E-state index >= 15 is 0 Å². The van der Waals surface area contributed by atoms with Crippen molar-refractivity contribution in [3.05, 3.63) is 34.9 Å². The Labute approximate surface area is 159 Å². The van der Waals surface area contributed by atoms with E-state index in [1.165, 1.54) is 0 Å². The lowest BCUT2D eigenvalue weighted by molar-refractivity contribution is -0.124. The van der Waals surface area contributed by atoms with Crippen LogP contribution in [0.15, 0.2) is 24.3 Å². The molecule has 144 valence electrons. The predicted molar refractivity (Wildman–Crippen MR) is 102 cm³/mol. The van der Waals surface area contributed by atoms with Crippen molar-refractivity contribution in [2.45, 2.75) is 44.6 Å². The zero-order valence-electron chi connectivity index (χ0n) is 15.2. The predicted octanol–water partition coefficient (Wildman–Crippen LogP) is 3.11. The molecule has 26 heavy (non-hydrogen) atoms. The highest BCUT2D eigenvalue weighted by molar-refractivity contribution is 6.30. The summed E-state index contributed by atoms with van der Waals surface area (Å²) in [5.74, 6) is 0.205. The van der Waals surface area contributed by atoms with Gasteiger partial charge in [-0.3, -0.25) is 4.79 Å². The summed E-state index contributed by atoms with van der Waals surface area (Å²) in [7, 11) is 0. The van der Waals surface area contributed by atoms with Gasteiger partial charge in [0.15, 0.2) is 0 Å². The third-order valence-corrected chi connectivity index (χ3v) is 5.28. The summed E-state index contributed by atoms with van der Waals surface area (Å²) in [6.45, 7) is 3.97. The number of rotatable bonds is 8. The van der Waals surface area contributed by atoms with E-state index in [0.717, 1.165) is 31.5 Å². The highest BCUT2D eigenvalue weighted by Gasteiger charge is 2.41. The molecule has 1 aromatic rings. The van der Waals surface area contributed by atoms with Crippen LogP contribution in [-0.4, -0.2) is 36.7 Å². The van der Waals surface area contributed by atoms with E-state index in [2.05, 4.69) is 16.0 Å². The van der Waals surface area contributed by atoms with E-state index < -0.39 is 11.6 Å². The third kappa shape index (κ3) is 5.35.